The third-order valence-corrected chi connectivity index (χ3v) is 3.55. The number of hydrogen-bond donors (Lipinski definition) is 2. The van der Waals surface area contributed by atoms with Gasteiger partial charge in [-0.15, -0.1) is 5.10 Å². The molecule has 0 aliphatic heterocycles. The van der Waals surface area contributed by atoms with Crippen molar-refractivity contribution >= 4 is 23.6 Å². The van der Waals surface area contributed by atoms with Crippen LogP contribution >= 0.6 is 0 Å². The number of nitrogens with two attached hydrogens (primary N) is 1. The third-order valence-electron chi connectivity index (χ3n) is 3.55. The van der Waals surface area contributed by atoms with Crippen molar-refractivity contribution < 1.29 is 14.0 Å². The van der Waals surface area contributed by atoms with Crippen molar-refractivity contribution in [2.75, 3.05) is 25.1 Å². The van der Waals surface area contributed by atoms with Crippen LogP contribution in [0.4, 0.5) is 11.8 Å². The zero-order valence-corrected chi connectivity index (χ0v) is 14.9. The molecule has 2 amide bonds. The van der Waals surface area contributed by atoms with Gasteiger partial charge in [0.15, 0.2) is 11.5 Å². The number of benzene rings is 1. The summed E-state index contributed by atoms with van der Waals surface area (Å²) in [6.07, 6.45) is 1.51. The molecule has 0 radical (unpaired) electrons. The van der Waals surface area contributed by atoms with E-state index in [1.165, 1.54) is 18.0 Å². The van der Waals surface area contributed by atoms with Crippen LogP contribution in [0.25, 0.3) is 22.8 Å². The topological polar surface area (TPSA) is 140 Å². The summed E-state index contributed by atoms with van der Waals surface area (Å²) >= 11 is 0. The van der Waals surface area contributed by atoms with Crippen LogP contribution < -0.4 is 11.1 Å². The summed E-state index contributed by atoms with van der Waals surface area (Å²) in [5.74, 6) is -0.298. The number of nitrogens with one attached hydrogen (secondary N) is 1. The Morgan fingerprint density at radius 1 is 1.15 bits per heavy atom. The van der Waals surface area contributed by atoms with Gasteiger partial charge in [-0.05, 0) is 12.1 Å². The normalized spacial score (nSPS) is 10.5. The highest BCUT2D eigenvalue weighted by Gasteiger charge is 2.16. The molecule has 0 atom stereocenters. The van der Waals surface area contributed by atoms with Gasteiger partial charge in [-0.3, -0.25) is 14.9 Å². The van der Waals surface area contributed by atoms with Gasteiger partial charge in [0.05, 0.1) is 11.9 Å². The van der Waals surface area contributed by atoms with Gasteiger partial charge in [-0.2, -0.15) is 0 Å². The van der Waals surface area contributed by atoms with Crippen LogP contribution in [0.2, 0.25) is 0 Å². The first-order valence-corrected chi connectivity index (χ1v) is 7.91. The van der Waals surface area contributed by atoms with Crippen LogP contribution in [-0.2, 0) is 4.79 Å². The van der Waals surface area contributed by atoms with Crippen LogP contribution in [0.5, 0.6) is 0 Å². The van der Waals surface area contributed by atoms with E-state index < -0.39 is 0 Å². The molecule has 3 N–H and O–H groups in total. The monoisotopic (exact) mass is 367 g/mol. The molecule has 3 aromatic rings. The maximum absolute atomic E-state index is 12.0. The molecule has 0 fully saturated rings. The van der Waals surface area contributed by atoms with Gasteiger partial charge in [0.2, 0.25) is 5.91 Å². The molecule has 0 spiro atoms. The fraction of sp³-hybridized carbons (Fsp3) is 0.176. The van der Waals surface area contributed by atoms with E-state index in [9.17, 15) is 9.59 Å². The summed E-state index contributed by atoms with van der Waals surface area (Å²) < 4.78 is 5.34. The lowest BCUT2D eigenvalue weighted by atomic mass is 10.1. The Morgan fingerprint density at radius 2 is 1.85 bits per heavy atom. The SMILES string of the molecule is CC(=O)Nc1nnc(-c2nc(-c3ccc(C(=O)N(C)C)cc3)cnc2N)o1. The summed E-state index contributed by atoms with van der Waals surface area (Å²) in [6.45, 7) is 1.32. The lowest BCUT2D eigenvalue weighted by molar-refractivity contribution is -0.114. The minimum atomic E-state index is -0.342. The molecule has 2 aromatic heterocycles. The number of carbonyl (C=O) groups is 2. The fourth-order valence-corrected chi connectivity index (χ4v) is 2.26. The van der Waals surface area contributed by atoms with Crippen LogP contribution in [0, 0.1) is 0 Å². The third kappa shape index (κ3) is 3.89. The number of rotatable bonds is 4. The summed E-state index contributed by atoms with van der Waals surface area (Å²) in [4.78, 5) is 33.1. The second-order valence-corrected chi connectivity index (χ2v) is 5.86. The van der Waals surface area contributed by atoms with Crippen LogP contribution in [-0.4, -0.2) is 51.0 Å². The Balaban J connectivity index is 1.92. The Hall–Kier alpha value is -3.82. The molecular weight excluding hydrogens is 350 g/mol. The molecule has 1 aromatic carbocycles. The Labute approximate surface area is 154 Å². The van der Waals surface area contributed by atoms with E-state index in [1.54, 1.807) is 38.4 Å². The molecule has 0 aliphatic rings. The maximum atomic E-state index is 12.0. The standard InChI is InChI=1S/C17H17N7O3/c1-9(25)20-17-23-22-15(27-17)13-14(18)19-8-12(21-13)10-4-6-11(7-5-10)16(26)24(2)3/h4-8H,1-3H3,(H2,18,19)(H,20,23,25). The molecule has 27 heavy (non-hydrogen) atoms. The van der Waals surface area contributed by atoms with Gasteiger partial charge in [0.25, 0.3) is 11.8 Å². The zero-order valence-electron chi connectivity index (χ0n) is 14.9. The van der Waals surface area contributed by atoms with Crippen molar-refractivity contribution in [2.24, 2.45) is 0 Å². The highest BCUT2D eigenvalue weighted by atomic mass is 16.4. The lowest BCUT2D eigenvalue weighted by Gasteiger charge is -2.10. The Bertz CT molecular complexity index is 996. The average Bonchev–Trinajstić information content (AvgIpc) is 3.09. The van der Waals surface area contributed by atoms with Crippen molar-refractivity contribution in [3.05, 3.63) is 36.0 Å². The van der Waals surface area contributed by atoms with Gasteiger partial charge in [-0.1, -0.05) is 17.2 Å². The zero-order chi connectivity index (χ0) is 19.6. The number of hydrogen-bond acceptors (Lipinski definition) is 8. The first kappa shape index (κ1) is 18.0. The number of aromatic nitrogens is 4. The minimum Gasteiger partial charge on any atom is -0.401 e. The Morgan fingerprint density at radius 3 is 2.48 bits per heavy atom. The molecule has 10 nitrogen and oxygen atoms in total. The van der Waals surface area contributed by atoms with Crippen molar-refractivity contribution in [1.29, 1.82) is 0 Å². The van der Waals surface area contributed by atoms with E-state index in [1.807, 2.05) is 0 Å². The highest BCUT2D eigenvalue weighted by molar-refractivity contribution is 5.94. The molecule has 0 aliphatic carbocycles. The van der Waals surface area contributed by atoms with Crippen molar-refractivity contribution in [3.63, 3.8) is 0 Å². The number of nitrogen functional groups attached to an aromatic ring is 1. The van der Waals surface area contributed by atoms with Gasteiger partial charge in [0.1, 0.15) is 0 Å². The number of carbonyl (C=O) groups excluding carboxylic acids is 2. The van der Waals surface area contributed by atoms with E-state index in [-0.39, 0.29) is 35.2 Å². The van der Waals surface area contributed by atoms with Gasteiger partial charge >= 0.3 is 6.01 Å². The number of anilines is 2. The molecule has 0 saturated heterocycles. The molecule has 138 valence electrons. The Kier molecular flexibility index (Phi) is 4.79. The highest BCUT2D eigenvalue weighted by Crippen LogP contribution is 2.26. The van der Waals surface area contributed by atoms with Crippen LogP contribution in [0.1, 0.15) is 17.3 Å². The maximum Gasteiger partial charge on any atom is 0.322 e. The predicted octanol–water partition coefficient (Wildman–Crippen LogP) is 1.44. The summed E-state index contributed by atoms with van der Waals surface area (Å²) in [7, 11) is 3.38. The van der Waals surface area contributed by atoms with Gasteiger partial charge in [0, 0.05) is 32.1 Å². The minimum absolute atomic E-state index is 0.0324. The summed E-state index contributed by atoms with van der Waals surface area (Å²) in [5, 5.41) is 9.92. The van der Waals surface area contributed by atoms with Gasteiger partial charge < -0.3 is 15.1 Å². The molecule has 10 heteroatoms. The van der Waals surface area contributed by atoms with Crippen LogP contribution in [0.3, 0.4) is 0 Å². The molecule has 0 saturated carbocycles. The van der Waals surface area contributed by atoms with Crippen molar-refractivity contribution in [1.82, 2.24) is 25.1 Å². The first-order valence-electron chi connectivity index (χ1n) is 7.91. The largest absolute Gasteiger partial charge is 0.401 e. The van der Waals surface area contributed by atoms with Crippen molar-refractivity contribution in [3.8, 4) is 22.8 Å². The lowest BCUT2D eigenvalue weighted by Crippen LogP contribution is -2.21. The average molecular weight is 367 g/mol. The van der Waals surface area contributed by atoms with E-state index in [0.717, 1.165) is 5.56 Å². The summed E-state index contributed by atoms with van der Waals surface area (Å²) in [5.41, 5.74) is 7.88. The molecule has 0 unspecified atom stereocenters. The quantitative estimate of drug-likeness (QED) is 0.706. The van der Waals surface area contributed by atoms with Crippen molar-refractivity contribution in [2.45, 2.75) is 6.92 Å². The first-order chi connectivity index (χ1) is 12.8. The van der Waals surface area contributed by atoms with E-state index in [0.29, 0.717) is 11.3 Å². The van der Waals surface area contributed by atoms with Gasteiger partial charge in [-0.25, -0.2) is 9.97 Å². The number of nitrogens with zero attached hydrogens (tertiary/aromatic N) is 5. The summed E-state index contributed by atoms with van der Waals surface area (Å²) in [6, 6.07) is 6.87. The van der Waals surface area contributed by atoms with E-state index >= 15 is 0 Å². The van der Waals surface area contributed by atoms with E-state index in [4.69, 9.17) is 10.2 Å². The van der Waals surface area contributed by atoms with E-state index in [2.05, 4.69) is 25.5 Å². The van der Waals surface area contributed by atoms with Crippen LogP contribution in [0.15, 0.2) is 34.9 Å². The molecule has 0 bridgehead atoms. The smallest absolute Gasteiger partial charge is 0.322 e. The second kappa shape index (κ2) is 7.20. The predicted molar refractivity (Wildman–Crippen MR) is 97.5 cm³/mol. The molecule has 2 heterocycles. The number of amides is 2. The second-order valence-electron chi connectivity index (χ2n) is 5.86. The fourth-order valence-electron chi connectivity index (χ4n) is 2.26. The molecular formula is C17H17N7O3. The molecule has 3 rings (SSSR count).